The number of rotatable bonds is 6. The first kappa shape index (κ1) is 19.3. The number of hydrazone groups is 1. The summed E-state index contributed by atoms with van der Waals surface area (Å²) in [7, 11) is 1.56. The van der Waals surface area contributed by atoms with E-state index >= 15 is 0 Å². The smallest absolute Gasteiger partial charge is 0.277 e. The molecule has 2 aromatic rings. The minimum Gasteiger partial charge on any atom is -0.507 e. The van der Waals surface area contributed by atoms with Gasteiger partial charge in [-0.3, -0.25) is 4.79 Å². The van der Waals surface area contributed by atoms with Gasteiger partial charge in [0.2, 0.25) is 0 Å². The molecule has 6 nitrogen and oxygen atoms in total. The third kappa shape index (κ3) is 5.20. The molecule has 1 amide bonds. The Labute approximate surface area is 162 Å². The maximum atomic E-state index is 11.8. The number of hydrogen-bond donors (Lipinski definition) is 2. The second kappa shape index (κ2) is 8.87. The lowest BCUT2D eigenvalue weighted by Crippen LogP contribution is -2.24. The first-order valence-electron chi connectivity index (χ1n) is 7.18. The minimum absolute atomic E-state index is 0.128. The van der Waals surface area contributed by atoms with Gasteiger partial charge in [-0.15, -0.1) is 0 Å². The molecule has 0 spiro atoms. The zero-order valence-electron chi connectivity index (χ0n) is 13.5. The zero-order valence-corrected chi connectivity index (χ0v) is 16.7. The highest BCUT2D eigenvalue weighted by Crippen LogP contribution is 2.37. The number of phenols is 1. The molecule has 0 aromatic heterocycles. The SMILES string of the molecule is COc1cc(Br)c(OCC(=O)N/N=C\c2cccc(C)c2O)c(Br)c1. The van der Waals surface area contributed by atoms with Gasteiger partial charge in [0.15, 0.2) is 6.61 Å². The van der Waals surface area contributed by atoms with Crippen LogP contribution in [0.25, 0.3) is 0 Å². The number of halogens is 2. The highest BCUT2D eigenvalue weighted by atomic mass is 79.9. The molecule has 25 heavy (non-hydrogen) atoms. The standard InChI is InChI=1S/C17H16Br2N2O4/c1-10-4-3-5-11(16(10)23)8-20-21-15(22)9-25-17-13(18)6-12(24-2)7-14(17)19/h3-8,23H,9H2,1-2H3,(H,21,22)/b20-8-. The van der Waals surface area contributed by atoms with Gasteiger partial charge in [0.25, 0.3) is 5.91 Å². The molecule has 0 aliphatic rings. The van der Waals surface area contributed by atoms with E-state index in [0.717, 1.165) is 5.56 Å². The Kier molecular flexibility index (Phi) is 6.83. The number of para-hydroxylation sites is 1. The molecule has 0 radical (unpaired) electrons. The highest BCUT2D eigenvalue weighted by Gasteiger charge is 2.11. The van der Waals surface area contributed by atoms with Crippen LogP contribution >= 0.6 is 31.9 Å². The molecule has 2 aromatic carbocycles. The van der Waals surface area contributed by atoms with Crippen LogP contribution in [0, 0.1) is 6.92 Å². The molecule has 0 unspecified atom stereocenters. The average molecular weight is 472 g/mol. The van der Waals surface area contributed by atoms with Crippen LogP contribution in [0.3, 0.4) is 0 Å². The van der Waals surface area contributed by atoms with Gasteiger partial charge in [-0.25, -0.2) is 5.43 Å². The quantitative estimate of drug-likeness (QED) is 0.496. The van der Waals surface area contributed by atoms with E-state index in [2.05, 4.69) is 42.4 Å². The first-order valence-corrected chi connectivity index (χ1v) is 8.77. The molecule has 0 aliphatic carbocycles. The van der Waals surface area contributed by atoms with Gasteiger partial charge < -0.3 is 14.6 Å². The van der Waals surface area contributed by atoms with Crippen LogP contribution in [-0.2, 0) is 4.79 Å². The van der Waals surface area contributed by atoms with E-state index in [0.29, 0.717) is 26.0 Å². The highest BCUT2D eigenvalue weighted by molar-refractivity contribution is 9.11. The first-order chi connectivity index (χ1) is 11.9. The average Bonchev–Trinajstić information content (AvgIpc) is 2.57. The number of aryl methyl sites for hydroxylation is 1. The third-order valence-electron chi connectivity index (χ3n) is 3.22. The Morgan fingerprint density at radius 2 is 2.00 bits per heavy atom. The molecule has 0 saturated heterocycles. The second-order valence-corrected chi connectivity index (χ2v) is 6.72. The van der Waals surface area contributed by atoms with Crippen LogP contribution in [-0.4, -0.2) is 30.9 Å². The predicted octanol–water partition coefficient (Wildman–Crippen LogP) is 3.76. The number of phenolic OH excluding ortho intramolecular Hbond substituents is 1. The molecule has 0 saturated carbocycles. The molecule has 132 valence electrons. The van der Waals surface area contributed by atoms with Crippen molar-refractivity contribution in [3.63, 3.8) is 0 Å². The predicted molar refractivity (Wildman–Crippen MR) is 102 cm³/mol. The minimum atomic E-state index is -0.432. The van der Waals surface area contributed by atoms with Gasteiger partial charge in [0.1, 0.15) is 17.2 Å². The molecule has 0 fully saturated rings. The van der Waals surface area contributed by atoms with E-state index < -0.39 is 5.91 Å². The van der Waals surface area contributed by atoms with Crippen molar-refractivity contribution in [3.05, 3.63) is 50.4 Å². The molecule has 8 heteroatoms. The molecular formula is C17H16Br2N2O4. The van der Waals surface area contributed by atoms with Gasteiger partial charge in [0, 0.05) is 5.56 Å². The molecule has 0 bridgehead atoms. The van der Waals surface area contributed by atoms with Crippen LogP contribution in [0.15, 0.2) is 44.4 Å². The Morgan fingerprint density at radius 3 is 2.64 bits per heavy atom. The molecule has 0 aliphatic heterocycles. The Balaban J connectivity index is 1.93. The van der Waals surface area contributed by atoms with E-state index in [1.165, 1.54) is 6.21 Å². The van der Waals surface area contributed by atoms with Crippen molar-refractivity contribution < 1.29 is 19.4 Å². The lowest BCUT2D eigenvalue weighted by molar-refractivity contribution is -0.123. The van der Waals surface area contributed by atoms with Crippen molar-refractivity contribution in [2.75, 3.05) is 13.7 Å². The van der Waals surface area contributed by atoms with Crippen molar-refractivity contribution in [2.45, 2.75) is 6.92 Å². The molecule has 2 rings (SSSR count). The van der Waals surface area contributed by atoms with Crippen LogP contribution in [0.4, 0.5) is 0 Å². The van der Waals surface area contributed by atoms with Gasteiger partial charge in [-0.2, -0.15) is 5.10 Å². The fourth-order valence-corrected chi connectivity index (χ4v) is 3.30. The summed E-state index contributed by atoms with van der Waals surface area (Å²) in [5.74, 6) is 0.829. The number of nitrogens with zero attached hydrogens (tertiary/aromatic N) is 1. The van der Waals surface area contributed by atoms with Crippen molar-refractivity contribution >= 4 is 44.0 Å². The topological polar surface area (TPSA) is 80.2 Å². The monoisotopic (exact) mass is 470 g/mol. The number of carbonyl (C=O) groups is 1. The van der Waals surface area contributed by atoms with Gasteiger partial charge in [-0.05, 0) is 62.5 Å². The summed E-state index contributed by atoms with van der Waals surface area (Å²) in [4.78, 5) is 11.8. The number of amides is 1. The number of methoxy groups -OCH3 is 1. The Hall–Kier alpha value is -2.06. The third-order valence-corrected chi connectivity index (χ3v) is 4.40. The summed E-state index contributed by atoms with van der Waals surface area (Å²) in [5.41, 5.74) is 3.59. The maximum Gasteiger partial charge on any atom is 0.277 e. The maximum absolute atomic E-state index is 11.8. The van der Waals surface area contributed by atoms with Crippen molar-refractivity contribution in [1.29, 1.82) is 0 Å². The summed E-state index contributed by atoms with van der Waals surface area (Å²) < 4.78 is 11.9. The van der Waals surface area contributed by atoms with E-state index in [4.69, 9.17) is 9.47 Å². The lowest BCUT2D eigenvalue weighted by atomic mass is 10.1. The van der Waals surface area contributed by atoms with E-state index in [1.807, 2.05) is 0 Å². The Bertz CT molecular complexity index is 786. The zero-order chi connectivity index (χ0) is 18.4. The number of benzene rings is 2. The summed E-state index contributed by atoms with van der Waals surface area (Å²) in [6.45, 7) is 1.56. The van der Waals surface area contributed by atoms with E-state index in [9.17, 15) is 9.90 Å². The van der Waals surface area contributed by atoms with E-state index in [1.54, 1.807) is 44.4 Å². The normalized spacial score (nSPS) is 10.7. The number of aromatic hydroxyl groups is 1. The van der Waals surface area contributed by atoms with Crippen LogP contribution in [0.5, 0.6) is 17.2 Å². The summed E-state index contributed by atoms with van der Waals surface area (Å²) in [6.07, 6.45) is 1.37. The summed E-state index contributed by atoms with van der Waals surface area (Å²) in [5, 5.41) is 13.7. The second-order valence-electron chi connectivity index (χ2n) is 5.01. The number of hydrogen-bond acceptors (Lipinski definition) is 5. The molecular weight excluding hydrogens is 456 g/mol. The number of carbonyl (C=O) groups excluding carboxylic acids is 1. The lowest BCUT2D eigenvalue weighted by Gasteiger charge is -2.11. The van der Waals surface area contributed by atoms with Gasteiger partial charge >= 0.3 is 0 Å². The van der Waals surface area contributed by atoms with Crippen LogP contribution in [0.2, 0.25) is 0 Å². The van der Waals surface area contributed by atoms with Crippen molar-refractivity contribution in [1.82, 2.24) is 5.43 Å². The van der Waals surface area contributed by atoms with Crippen molar-refractivity contribution in [2.24, 2.45) is 5.10 Å². The molecule has 0 atom stereocenters. The van der Waals surface area contributed by atoms with Crippen LogP contribution < -0.4 is 14.9 Å². The molecule has 0 heterocycles. The Morgan fingerprint density at radius 1 is 1.32 bits per heavy atom. The molecule has 2 N–H and O–H groups in total. The number of nitrogens with one attached hydrogen (secondary N) is 1. The summed E-state index contributed by atoms with van der Waals surface area (Å²) >= 11 is 6.73. The largest absolute Gasteiger partial charge is 0.507 e. The van der Waals surface area contributed by atoms with E-state index in [-0.39, 0.29) is 12.4 Å². The van der Waals surface area contributed by atoms with Gasteiger partial charge in [-0.1, -0.05) is 12.1 Å². The number of ether oxygens (including phenoxy) is 2. The van der Waals surface area contributed by atoms with Gasteiger partial charge in [0.05, 0.1) is 22.3 Å². The fraction of sp³-hybridized carbons (Fsp3) is 0.176. The van der Waals surface area contributed by atoms with Crippen molar-refractivity contribution in [3.8, 4) is 17.2 Å². The fourth-order valence-electron chi connectivity index (χ4n) is 1.92. The summed E-state index contributed by atoms with van der Waals surface area (Å²) in [6, 6.07) is 8.73. The van der Waals surface area contributed by atoms with Crippen LogP contribution in [0.1, 0.15) is 11.1 Å².